The molecule has 0 spiro atoms. The second-order valence-corrected chi connectivity index (χ2v) is 12.5. The zero-order chi connectivity index (χ0) is 17.2. The molecule has 128 valence electrons. The van der Waals surface area contributed by atoms with Gasteiger partial charge in [0.1, 0.15) is 17.9 Å². The van der Waals surface area contributed by atoms with Crippen molar-refractivity contribution in [1.82, 2.24) is 19.5 Å². The lowest BCUT2D eigenvalue weighted by Gasteiger charge is -2.15. The number of aromatic nitrogens is 4. The summed E-state index contributed by atoms with van der Waals surface area (Å²) in [5.74, 6) is 1.20. The van der Waals surface area contributed by atoms with Crippen LogP contribution in [0.2, 0.25) is 25.7 Å². The number of hydrogen-bond acceptors (Lipinski definition) is 6. The molecule has 0 saturated heterocycles. The molecule has 0 amide bonds. The fraction of sp³-hybridized carbons (Fsp3) is 0.438. The molecule has 0 aliphatic carbocycles. The Morgan fingerprint density at radius 2 is 2.12 bits per heavy atom. The van der Waals surface area contributed by atoms with Crippen LogP contribution < -0.4 is 5.32 Å². The summed E-state index contributed by atoms with van der Waals surface area (Å²) in [5.41, 5.74) is 2.11. The van der Waals surface area contributed by atoms with E-state index in [4.69, 9.17) is 9.15 Å². The number of ether oxygens (including phenoxy) is 1. The number of anilines is 1. The van der Waals surface area contributed by atoms with Gasteiger partial charge in [0.15, 0.2) is 11.4 Å². The fourth-order valence-electron chi connectivity index (χ4n) is 2.28. The number of furan rings is 1. The van der Waals surface area contributed by atoms with Gasteiger partial charge >= 0.3 is 0 Å². The average molecular weight is 345 g/mol. The molecule has 3 rings (SSSR count). The number of nitrogens with zero attached hydrogens (tertiary/aromatic N) is 4. The van der Waals surface area contributed by atoms with E-state index in [1.807, 2.05) is 16.7 Å². The monoisotopic (exact) mass is 345 g/mol. The van der Waals surface area contributed by atoms with Crippen molar-refractivity contribution in [3.8, 4) is 11.5 Å². The molecule has 3 aromatic heterocycles. The molecule has 0 aromatic carbocycles. The Hall–Kier alpha value is -2.19. The molecular weight excluding hydrogens is 322 g/mol. The second kappa shape index (κ2) is 6.74. The zero-order valence-electron chi connectivity index (χ0n) is 14.5. The number of hydrogen-bond donors (Lipinski definition) is 1. The van der Waals surface area contributed by atoms with Crippen LogP contribution in [0, 0.1) is 0 Å². The summed E-state index contributed by atoms with van der Waals surface area (Å²) in [6, 6.07) is 4.83. The van der Waals surface area contributed by atoms with Crippen LogP contribution in [0.3, 0.4) is 0 Å². The topological polar surface area (TPSA) is 78.0 Å². The first-order valence-electron chi connectivity index (χ1n) is 8.00. The molecule has 0 unspecified atom stereocenters. The molecule has 7 nitrogen and oxygen atoms in total. The van der Waals surface area contributed by atoms with Gasteiger partial charge in [-0.2, -0.15) is 4.98 Å². The largest absolute Gasteiger partial charge is 0.463 e. The minimum absolute atomic E-state index is 0.429. The number of nitrogens with one attached hydrogen (secondary N) is 1. The summed E-state index contributed by atoms with van der Waals surface area (Å²) < 4.78 is 13.2. The summed E-state index contributed by atoms with van der Waals surface area (Å²) in [6.07, 6.45) is 3.36. The van der Waals surface area contributed by atoms with Gasteiger partial charge in [0.2, 0.25) is 5.95 Å². The molecule has 0 radical (unpaired) electrons. The summed E-state index contributed by atoms with van der Waals surface area (Å²) >= 11 is 0. The molecule has 24 heavy (non-hydrogen) atoms. The molecule has 3 aromatic rings. The van der Waals surface area contributed by atoms with Crippen LogP contribution in [0.15, 0.2) is 29.1 Å². The lowest BCUT2D eigenvalue weighted by Crippen LogP contribution is -2.22. The Morgan fingerprint density at radius 1 is 1.29 bits per heavy atom. The van der Waals surface area contributed by atoms with Crippen LogP contribution in [-0.2, 0) is 11.5 Å². The Kier molecular flexibility index (Phi) is 4.68. The predicted octanol–water partition coefficient (Wildman–Crippen LogP) is 3.44. The highest BCUT2D eigenvalue weighted by Crippen LogP contribution is 2.26. The van der Waals surface area contributed by atoms with Crippen LogP contribution in [-0.4, -0.2) is 41.2 Å². The molecule has 8 heteroatoms. The van der Waals surface area contributed by atoms with Crippen LogP contribution in [0.1, 0.15) is 0 Å². The van der Waals surface area contributed by atoms with Crippen molar-refractivity contribution in [2.24, 2.45) is 0 Å². The van der Waals surface area contributed by atoms with Crippen LogP contribution in [0.25, 0.3) is 22.6 Å². The number of imidazole rings is 1. The normalized spacial score (nSPS) is 12.0. The van der Waals surface area contributed by atoms with E-state index in [0.29, 0.717) is 29.7 Å². The first-order chi connectivity index (χ1) is 11.5. The van der Waals surface area contributed by atoms with Gasteiger partial charge in [-0.15, -0.1) is 0 Å². The Bertz CT molecular complexity index is 808. The van der Waals surface area contributed by atoms with E-state index in [2.05, 4.69) is 39.9 Å². The molecule has 0 aliphatic rings. The van der Waals surface area contributed by atoms with Gasteiger partial charge in [0.05, 0.1) is 12.6 Å². The Morgan fingerprint density at radius 3 is 2.79 bits per heavy atom. The van der Waals surface area contributed by atoms with Crippen molar-refractivity contribution >= 4 is 25.2 Å². The Balaban J connectivity index is 1.87. The van der Waals surface area contributed by atoms with Crippen molar-refractivity contribution in [3.05, 3.63) is 24.7 Å². The summed E-state index contributed by atoms with van der Waals surface area (Å²) in [4.78, 5) is 13.5. The van der Waals surface area contributed by atoms with Crippen molar-refractivity contribution in [1.29, 1.82) is 0 Å². The van der Waals surface area contributed by atoms with Crippen molar-refractivity contribution in [2.75, 3.05) is 19.0 Å². The molecule has 0 atom stereocenters. The molecular formula is C16H23N5O2Si. The SMILES string of the molecule is CNc1nc(-c2ccco2)c2ncn(COCC[Si](C)(C)C)c2n1. The van der Waals surface area contributed by atoms with Crippen LogP contribution in [0.5, 0.6) is 0 Å². The molecule has 0 fully saturated rings. The van der Waals surface area contributed by atoms with Gasteiger partial charge < -0.3 is 14.5 Å². The van der Waals surface area contributed by atoms with E-state index in [1.165, 1.54) is 0 Å². The minimum Gasteiger partial charge on any atom is -0.463 e. The smallest absolute Gasteiger partial charge is 0.225 e. The van der Waals surface area contributed by atoms with Crippen molar-refractivity contribution in [3.63, 3.8) is 0 Å². The Labute approximate surface area is 142 Å². The molecule has 0 bridgehead atoms. The number of rotatable bonds is 7. The maximum atomic E-state index is 5.82. The van der Waals surface area contributed by atoms with Crippen molar-refractivity contribution in [2.45, 2.75) is 32.4 Å². The van der Waals surface area contributed by atoms with Gasteiger partial charge in [0, 0.05) is 21.7 Å². The van der Waals surface area contributed by atoms with Gasteiger partial charge in [-0.05, 0) is 18.2 Å². The quantitative estimate of drug-likeness (QED) is 0.522. The van der Waals surface area contributed by atoms with Crippen molar-refractivity contribution < 1.29 is 9.15 Å². The molecule has 1 N–H and O–H groups in total. The van der Waals surface area contributed by atoms with Gasteiger partial charge in [-0.25, -0.2) is 9.97 Å². The van der Waals surface area contributed by atoms with E-state index in [1.54, 1.807) is 19.6 Å². The van der Waals surface area contributed by atoms with E-state index in [-0.39, 0.29) is 0 Å². The van der Waals surface area contributed by atoms with E-state index < -0.39 is 8.07 Å². The fourth-order valence-corrected chi connectivity index (χ4v) is 3.03. The number of fused-ring (bicyclic) bond motifs is 1. The maximum Gasteiger partial charge on any atom is 0.225 e. The average Bonchev–Trinajstić information content (AvgIpc) is 3.19. The third kappa shape index (κ3) is 3.65. The first-order valence-corrected chi connectivity index (χ1v) is 11.7. The molecule has 0 aliphatic heterocycles. The summed E-state index contributed by atoms with van der Waals surface area (Å²) in [6.45, 7) is 8.20. The van der Waals surface area contributed by atoms with E-state index in [9.17, 15) is 0 Å². The van der Waals surface area contributed by atoms with Crippen LogP contribution >= 0.6 is 0 Å². The van der Waals surface area contributed by atoms with E-state index in [0.717, 1.165) is 18.3 Å². The first kappa shape index (κ1) is 16.7. The lowest BCUT2D eigenvalue weighted by atomic mass is 10.3. The highest BCUT2D eigenvalue weighted by molar-refractivity contribution is 6.76. The lowest BCUT2D eigenvalue weighted by molar-refractivity contribution is 0.0895. The van der Waals surface area contributed by atoms with E-state index >= 15 is 0 Å². The summed E-state index contributed by atoms with van der Waals surface area (Å²) in [7, 11) is 0.699. The third-order valence-corrected chi connectivity index (χ3v) is 5.37. The second-order valence-electron chi connectivity index (χ2n) is 6.86. The highest BCUT2D eigenvalue weighted by atomic mass is 28.3. The third-order valence-electron chi connectivity index (χ3n) is 3.67. The summed E-state index contributed by atoms with van der Waals surface area (Å²) in [5, 5.41) is 2.99. The molecule has 0 saturated carbocycles. The highest BCUT2D eigenvalue weighted by Gasteiger charge is 2.17. The zero-order valence-corrected chi connectivity index (χ0v) is 15.5. The predicted molar refractivity (Wildman–Crippen MR) is 96.7 cm³/mol. The maximum absolute atomic E-state index is 5.82. The molecule has 3 heterocycles. The minimum atomic E-state index is -1.09. The van der Waals surface area contributed by atoms with Gasteiger partial charge in [-0.3, -0.25) is 4.57 Å². The van der Waals surface area contributed by atoms with Gasteiger partial charge in [0.25, 0.3) is 0 Å². The standard InChI is InChI=1S/C16H23N5O2Si/c1-17-16-19-13(12-6-5-7-23-12)14-15(20-16)21(10-18-14)11-22-8-9-24(2,3)4/h5-7,10H,8-9,11H2,1-4H3,(H,17,19,20). The van der Waals surface area contributed by atoms with Gasteiger partial charge in [-0.1, -0.05) is 19.6 Å². The van der Waals surface area contributed by atoms with Crippen LogP contribution in [0.4, 0.5) is 5.95 Å².